The lowest BCUT2D eigenvalue weighted by atomic mass is 10.0. The highest BCUT2D eigenvalue weighted by Crippen LogP contribution is 2.46. The van der Waals surface area contributed by atoms with Crippen LogP contribution in [0.5, 0.6) is 5.88 Å². The number of hydrogen-bond donors (Lipinski definition) is 3. The van der Waals surface area contributed by atoms with E-state index in [0.717, 1.165) is 53.3 Å². The van der Waals surface area contributed by atoms with Crippen LogP contribution >= 0.6 is 0 Å². The number of anilines is 1. The molecule has 1 fully saturated rings. The minimum absolute atomic E-state index is 0.156. The van der Waals surface area contributed by atoms with Crippen molar-refractivity contribution in [1.29, 1.82) is 0 Å². The first-order valence-electron chi connectivity index (χ1n) is 12.1. The molecule has 0 radical (unpaired) electrons. The fourth-order valence-electron chi connectivity index (χ4n) is 4.47. The molecule has 1 aromatic carbocycles. The Labute approximate surface area is 206 Å². The molecule has 182 valence electrons. The summed E-state index contributed by atoms with van der Waals surface area (Å²) in [5, 5.41) is 3.63. The maximum atomic E-state index is 13.4. The van der Waals surface area contributed by atoms with Gasteiger partial charge in [-0.15, -0.1) is 0 Å². The van der Waals surface area contributed by atoms with E-state index in [2.05, 4.69) is 66.4 Å². The number of halogens is 1. The number of aromatic nitrogens is 1. The number of hydrogen-bond acceptors (Lipinski definition) is 6. The fraction of sp³-hybridized carbons (Fsp3) is 0.321. The third-order valence-electron chi connectivity index (χ3n) is 7.05. The molecule has 5 rings (SSSR count). The van der Waals surface area contributed by atoms with Gasteiger partial charge in [-0.3, -0.25) is 10.9 Å². The van der Waals surface area contributed by atoms with Gasteiger partial charge in [0.25, 0.3) is 0 Å². The molecule has 6 nitrogen and oxygen atoms in total. The van der Waals surface area contributed by atoms with E-state index in [0.29, 0.717) is 11.8 Å². The number of ether oxygens (including phenoxy) is 1. The molecular formula is C28H32FN5O. The lowest BCUT2D eigenvalue weighted by Crippen LogP contribution is -2.43. The third kappa shape index (κ3) is 4.63. The van der Waals surface area contributed by atoms with E-state index in [1.54, 1.807) is 7.11 Å². The summed E-state index contributed by atoms with van der Waals surface area (Å²) in [7, 11) is 1.65. The van der Waals surface area contributed by atoms with Crippen molar-refractivity contribution in [3.63, 3.8) is 0 Å². The van der Waals surface area contributed by atoms with Crippen LogP contribution in [-0.4, -0.2) is 12.1 Å². The van der Waals surface area contributed by atoms with Crippen LogP contribution in [-0.2, 0) is 5.54 Å². The summed E-state index contributed by atoms with van der Waals surface area (Å²) in [6.45, 7) is 6.44. The summed E-state index contributed by atoms with van der Waals surface area (Å²) in [6.07, 6.45) is 11.5. The van der Waals surface area contributed by atoms with E-state index in [4.69, 9.17) is 9.72 Å². The Morgan fingerprint density at radius 3 is 2.57 bits per heavy atom. The highest BCUT2D eigenvalue weighted by Gasteiger charge is 2.45. The Balaban J connectivity index is 1.38. The minimum atomic E-state index is -0.216. The van der Waals surface area contributed by atoms with Gasteiger partial charge in [-0.2, -0.15) is 0 Å². The number of rotatable bonds is 6. The van der Waals surface area contributed by atoms with Gasteiger partial charge in [-0.05, 0) is 80.5 Å². The molecule has 0 bridgehead atoms. The number of benzene rings is 1. The van der Waals surface area contributed by atoms with Crippen molar-refractivity contribution in [3.8, 4) is 5.88 Å². The average molecular weight is 474 g/mol. The minimum Gasteiger partial charge on any atom is -0.479 e. The second-order valence-electron chi connectivity index (χ2n) is 9.61. The zero-order valence-electron chi connectivity index (χ0n) is 20.7. The van der Waals surface area contributed by atoms with Crippen LogP contribution in [0.2, 0.25) is 0 Å². The first-order chi connectivity index (χ1) is 16.9. The van der Waals surface area contributed by atoms with Crippen molar-refractivity contribution in [2.75, 3.05) is 12.0 Å². The third-order valence-corrected chi connectivity index (χ3v) is 7.05. The van der Waals surface area contributed by atoms with Crippen LogP contribution in [0.15, 0.2) is 77.9 Å². The molecule has 1 saturated carbocycles. The van der Waals surface area contributed by atoms with Gasteiger partial charge in [0.05, 0.1) is 24.0 Å². The molecule has 2 aromatic rings. The van der Waals surface area contributed by atoms with E-state index in [-0.39, 0.29) is 11.4 Å². The van der Waals surface area contributed by atoms with Gasteiger partial charge in [0, 0.05) is 12.4 Å². The summed E-state index contributed by atoms with van der Waals surface area (Å²) in [5.41, 5.74) is 12.4. The Hall–Kier alpha value is -3.74. The van der Waals surface area contributed by atoms with Gasteiger partial charge in [0.15, 0.2) is 0 Å². The maximum Gasteiger partial charge on any atom is 0.238 e. The number of hydrazine groups is 1. The second kappa shape index (κ2) is 9.13. The number of nitrogens with zero attached hydrogens (tertiary/aromatic N) is 2. The SMILES string of the molecule is COc1nc(C2=CC(C)=C(NC3(c4ccc(F)cc4)CC3)NN2)ccc1N1C=CC[C@@H](C)C(C)=C1. The standard InChI is InChI=1S/C28H32FN5O/c1-18-6-5-15-34(17-20(18)3)25-12-11-23(30-27(25)35-4)24-16-19(2)26(33-32-24)31-28(13-14-28)21-7-9-22(29)10-8-21/h5,7-12,15-18,31-33H,6,13-14H2,1-4H3/t18-/m1/s1. The maximum absolute atomic E-state index is 13.4. The Morgan fingerprint density at radius 1 is 1.11 bits per heavy atom. The van der Waals surface area contributed by atoms with Gasteiger partial charge in [-0.25, -0.2) is 9.37 Å². The van der Waals surface area contributed by atoms with E-state index in [9.17, 15) is 4.39 Å². The normalized spacial score (nSPS) is 20.8. The van der Waals surface area contributed by atoms with Gasteiger partial charge in [0.1, 0.15) is 17.3 Å². The molecule has 3 aliphatic rings. The van der Waals surface area contributed by atoms with E-state index >= 15 is 0 Å². The number of methoxy groups -OCH3 is 1. The van der Waals surface area contributed by atoms with Crippen molar-refractivity contribution >= 4 is 11.4 Å². The first-order valence-corrected chi connectivity index (χ1v) is 12.1. The lowest BCUT2D eigenvalue weighted by Gasteiger charge is -2.28. The van der Waals surface area contributed by atoms with Gasteiger partial charge < -0.3 is 15.0 Å². The Kier molecular flexibility index (Phi) is 6.01. The molecule has 2 aliphatic heterocycles. The lowest BCUT2D eigenvalue weighted by molar-refractivity contribution is 0.398. The molecule has 3 heterocycles. The van der Waals surface area contributed by atoms with Gasteiger partial charge in [0.2, 0.25) is 5.88 Å². The molecule has 1 aromatic heterocycles. The summed E-state index contributed by atoms with van der Waals surface area (Å²) in [6, 6.07) is 10.8. The highest BCUT2D eigenvalue weighted by atomic mass is 19.1. The van der Waals surface area contributed by atoms with Crippen LogP contribution in [0.25, 0.3) is 5.70 Å². The van der Waals surface area contributed by atoms with E-state index < -0.39 is 0 Å². The molecule has 0 unspecified atom stereocenters. The highest BCUT2D eigenvalue weighted by molar-refractivity contribution is 5.69. The smallest absolute Gasteiger partial charge is 0.238 e. The zero-order chi connectivity index (χ0) is 24.6. The average Bonchev–Trinajstić information content (AvgIpc) is 3.66. The van der Waals surface area contributed by atoms with Crippen molar-refractivity contribution in [1.82, 2.24) is 21.2 Å². The number of pyridine rings is 1. The fourth-order valence-corrected chi connectivity index (χ4v) is 4.47. The molecule has 0 saturated heterocycles. The van der Waals surface area contributed by atoms with Gasteiger partial charge >= 0.3 is 0 Å². The van der Waals surface area contributed by atoms with Crippen LogP contribution in [0.4, 0.5) is 10.1 Å². The number of nitrogens with one attached hydrogen (secondary N) is 3. The molecule has 1 aliphatic carbocycles. The summed E-state index contributed by atoms with van der Waals surface area (Å²) >= 11 is 0. The molecule has 3 N–H and O–H groups in total. The zero-order valence-corrected chi connectivity index (χ0v) is 20.7. The quantitative estimate of drug-likeness (QED) is 0.519. The number of allylic oxidation sites excluding steroid dienone is 4. The molecule has 7 heteroatoms. The molecule has 0 amide bonds. The monoisotopic (exact) mass is 473 g/mol. The largest absolute Gasteiger partial charge is 0.479 e. The van der Waals surface area contributed by atoms with Crippen LogP contribution < -0.4 is 25.8 Å². The second-order valence-corrected chi connectivity index (χ2v) is 9.61. The van der Waals surface area contributed by atoms with Crippen LogP contribution in [0.3, 0.4) is 0 Å². The van der Waals surface area contributed by atoms with Crippen molar-refractivity contribution in [2.24, 2.45) is 5.92 Å². The van der Waals surface area contributed by atoms with E-state index in [1.165, 1.54) is 17.7 Å². The van der Waals surface area contributed by atoms with Crippen molar-refractivity contribution in [2.45, 2.75) is 45.6 Å². The van der Waals surface area contributed by atoms with Crippen molar-refractivity contribution in [3.05, 3.63) is 95.0 Å². The summed E-state index contributed by atoms with van der Waals surface area (Å²) in [5.74, 6) is 1.76. The molecule has 0 spiro atoms. The Bertz CT molecular complexity index is 1240. The van der Waals surface area contributed by atoms with Crippen molar-refractivity contribution < 1.29 is 9.13 Å². The predicted octanol–water partition coefficient (Wildman–Crippen LogP) is 5.45. The van der Waals surface area contributed by atoms with Gasteiger partial charge in [-0.1, -0.05) is 30.7 Å². The van der Waals surface area contributed by atoms with E-state index in [1.807, 2.05) is 24.3 Å². The molecular weight excluding hydrogens is 441 g/mol. The molecule has 1 atom stereocenters. The van der Waals surface area contributed by atoms with Crippen LogP contribution in [0.1, 0.15) is 51.3 Å². The first kappa shape index (κ1) is 23.0. The predicted molar refractivity (Wildman–Crippen MR) is 137 cm³/mol. The van der Waals surface area contributed by atoms with Crippen LogP contribution in [0, 0.1) is 11.7 Å². The Morgan fingerprint density at radius 2 is 1.89 bits per heavy atom. The topological polar surface area (TPSA) is 61.5 Å². The molecule has 35 heavy (non-hydrogen) atoms. The summed E-state index contributed by atoms with van der Waals surface area (Å²) in [4.78, 5) is 6.87. The summed E-state index contributed by atoms with van der Waals surface area (Å²) < 4.78 is 19.0.